The highest BCUT2D eigenvalue weighted by atomic mass is 16.7. The molecule has 354 valence electrons. The Morgan fingerprint density at radius 3 is 1.28 bits per heavy atom. The Kier molecular flexibility index (Phi) is 20.9. The van der Waals surface area contributed by atoms with Crippen LogP contribution in [0.5, 0.6) is 0 Å². The predicted molar refractivity (Wildman–Crippen MR) is 195 cm³/mol. The molecule has 61 heavy (non-hydrogen) atoms. The van der Waals surface area contributed by atoms with Gasteiger partial charge in [0.2, 0.25) is 11.8 Å². The van der Waals surface area contributed by atoms with Gasteiger partial charge in [-0.05, 0) is 0 Å². The summed E-state index contributed by atoms with van der Waals surface area (Å²) in [6.07, 6.45) is -25.9. The van der Waals surface area contributed by atoms with Gasteiger partial charge < -0.3 is 115 Å². The van der Waals surface area contributed by atoms with Crippen LogP contribution in [0.3, 0.4) is 0 Å². The molecule has 0 bridgehead atoms. The van der Waals surface area contributed by atoms with E-state index in [9.17, 15) is 65.1 Å². The first-order chi connectivity index (χ1) is 28.8. The number of carbonyl (C=O) groups excluding carboxylic acids is 3. The molecule has 0 aromatic heterocycles. The summed E-state index contributed by atoms with van der Waals surface area (Å²) < 4.78 is 53.4. The van der Waals surface area contributed by atoms with E-state index in [4.69, 9.17) is 53.1 Å². The van der Waals surface area contributed by atoms with Crippen LogP contribution in [-0.4, -0.2) is 247 Å². The van der Waals surface area contributed by atoms with Gasteiger partial charge in [0.05, 0.1) is 13.2 Å². The van der Waals surface area contributed by atoms with Crippen LogP contribution in [0.1, 0.15) is 13.8 Å². The third-order valence-electron chi connectivity index (χ3n) is 10.1. The standard InChI is InChI=1S/C18H33N3O11.C16H27NO12/c1-7(23)21-9-13(10(24)8(6-22)30-17(9)29-3)31-18-12(26)11(25)14(28-2)15(32-18)16(27)20-5-4-19;1-5(19)17-7-11(8(20)6(4-18)27-15(7)26-3)28-16-10(22)9(21)12(25-2)13(29-16)14(23)24/h8-15,17-18,22,24-26H,4-6,19H2,1-3H3,(H,20,27)(H,21,23);6-13,15-16,18,20-22H,4H2,1-3H3,(H,17,19)(H,23,24)/t8?,9?,10-,11-,12?,13-,14+,15?,17-,18-;6?,7?,8-,9-,10?,11-,12+,13?,15-,16-/m11/s1. The van der Waals surface area contributed by atoms with Crippen molar-refractivity contribution in [3.63, 3.8) is 0 Å². The molecular formula is C34H60N4O23. The molecule has 8 unspecified atom stereocenters. The summed E-state index contributed by atoms with van der Waals surface area (Å²) in [5.74, 6) is -3.13. The maximum absolute atomic E-state index is 12.5. The average Bonchev–Trinajstić information content (AvgIpc) is 3.22. The molecule has 14 N–H and O–H groups in total. The van der Waals surface area contributed by atoms with Crippen molar-refractivity contribution in [1.29, 1.82) is 0 Å². The first kappa shape index (κ1) is 52.5. The topological polar surface area (TPSA) is 405 Å². The van der Waals surface area contributed by atoms with Crippen molar-refractivity contribution in [2.75, 3.05) is 54.7 Å². The summed E-state index contributed by atoms with van der Waals surface area (Å²) in [6, 6.07) is -2.18. The van der Waals surface area contributed by atoms with Gasteiger partial charge in [0.15, 0.2) is 37.4 Å². The van der Waals surface area contributed by atoms with E-state index >= 15 is 0 Å². The molecule has 20 atom stereocenters. The molecule has 4 heterocycles. The molecule has 0 radical (unpaired) electrons. The number of aliphatic hydroxyl groups excluding tert-OH is 8. The Morgan fingerprint density at radius 1 is 0.557 bits per heavy atom. The van der Waals surface area contributed by atoms with Gasteiger partial charge in [-0.1, -0.05) is 0 Å². The molecule has 4 aliphatic heterocycles. The number of carbonyl (C=O) groups is 4. The Morgan fingerprint density at radius 2 is 0.951 bits per heavy atom. The number of methoxy groups -OCH3 is 4. The molecule has 4 saturated heterocycles. The zero-order valence-electron chi connectivity index (χ0n) is 34.2. The lowest BCUT2D eigenvalue weighted by Gasteiger charge is -2.47. The Balaban J connectivity index is 0.000000327. The Labute approximate surface area is 349 Å². The Bertz CT molecular complexity index is 1410. The van der Waals surface area contributed by atoms with Crippen LogP contribution in [0.4, 0.5) is 0 Å². The van der Waals surface area contributed by atoms with E-state index < -0.39 is 160 Å². The maximum Gasteiger partial charge on any atom is 0.335 e. The lowest BCUT2D eigenvalue weighted by molar-refractivity contribution is -0.339. The SMILES string of the molecule is CO[C@@H]1OC(CO)[C@@H](O)[C@H](O[C@@H]2OC(C(=O)NCCN)[C@@H](OC)[C@H](O)C2O)C1NC(C)=O.CO[C@@H]1OC(CO)[C@@H](O)[C@H](O[C@@H]2OC(C(=O)O)[C@@H](OC)[C@H](O)C2O)C1NC(C)=O. The van der Waals surface area contributed by atoms with Gasteiger partial charge in [-0.25, -0.2) is 4.79 Å². The molecule has 4 rings (SSSR count). The predicted octanol–water partition coefficient (Wildman–Crippen LogP) is -8.72. The van der Waals surface area contributed by atoms with E-state index in [1.807, 2.05) is 0 Å². The molecule has 27 nitrogen and oxygen atoms in total. The third-order valence-corrected chi connectivity index (χ3v) is 10.1. The number of aliphatic hydroxyl groups is 8. The molecule has 4 fully saturated rings. The second-order valence-electron chi connectivity index (χ2n) is 14.2. The lowest BCUT2D eigenvalue weighted by atomic mass is 9.95. The van der Waals surface area contributed by atoms with E-state index in [0.717, 1.165) is 7.11 Å². The van der Waals surface area contributed by atoms with Gasteiger partial charge in [0, 0.05) is 55.4 Å². The smallest absolute Gasteiger partial charge is 0.335 e. The average molecular weight is 893 g/mol. The van der Waals surface area contributed by atoms with Gasteiger partial charge in [-0.15, -0.1) is 0 Å². The largest absolute Gasteiger partial charge is 0.479 e. The molecule has 0 aromatic rings. The number of ether oxygens (including phenoxy) is 10. The number of hydrogen-bond acceptors (Lipinski definition) is 23. The highest BCUT2D eigenvalue weighted by Crippen LogP contribution is 2.32. The summed E-state index contributed by atoms with van der Waals surface area (Å²) in [5.41, 5.74) is 5.39. The molecule has 0 spiro atoms. The maximum atomic E-state index is 12.5. The van der Waals surface area contributed by atoms with Crippen LogP contribution in [0.2, 0.25) is 0 Å². The number of hydrogen-bond donors (Lipinski definition) is 13. The number of carboxylic acids is 1. The summed E-state index contributed by atoms with van der Waals surface area (Å²) in [6.45, 7) is 1.51. The monoisotopic (exact) mass is 892 g/mol. The molecule has 0 aliphatic carbocycles. The molecule has 27 heteroatoms. The highest BCUT2D eigenvalue weighted by Gasteiger charge is 2.55. The van der Waals surface area contributed by atoms with Gasteiger partial charge in [-0.2, -0.15) is 0 Å². The van der Waals surface area contributed by atoms with Crippen LogP contribution in [0.15, 0.2) is 0 Å². The summed E-state index contributed by atoms with van der Waals surface area (Å²) in [5, 5.41) is 98.6. The van der Waals surface area contributed by atoms with Crippen molar-refractivity contribution in [3.8, 4) is 0 Å². The zero-order valence-corrected chi connectivity index (χ0v) is 34.2. The molecular weight excluding hydrogens is 832 g/mol. The highest BCUT2D eigenvalue weighted by molar-refractivity contribution is 5.81. The van der Waals surface area contributed by atoms with E-state index in [1.165, 1.54) is 35.2 Å². The van der Waals surface area contributed by atoms with Crippen molar-refractivity contribution in [2.24, 2.45) is 5.73 Å². The Hall–Kier alpha value is -2.88. The van der Waals surface area contributed by atoms with E-state index in [1.54, 1.807) is 0 Å². The fraction of sp³-hybridized carbons (Fsp3) is 0.882. The normalized spacial score (nSPS) is 41.4. The minimum absolute atomic E-state index is 0.135. The summed E-state index contributed by atoms with van der Waals surface area (Å²) in [4.78, 5) is 47.2. The molecule has 4 aliphatic rings. The number of rotatable bonds is 16. The zero-order chi connectivity index (χ0) is 45.9. The van der Waals surface area contributed by atoms with Gasteiger partial charge in [0.1, 0.15) is 85.3 Å². The summed E-state index contributed by atoms with van der Waals surface area (Å²) in [7, 11) is 4.94. The van der Waals surface area contributed by atoms with Crippen molar-refractivity contribution in [2.45, 2.75) is 137 Å². The number of nitrogens with one attached hydrogen (secondary N) is 3. The fourth-order valence-corrected chi connectivity index (χ4v) is 7.08. The van der Waals surface area contributed by atoms with Crippen LogP contribution in [-0.2, 0) is 66.5 Å². The summed E-state index contributed by atoms with van der Waals surface area (Å²) >= 11 is 0. The number of amides is 3. The van der Waals surface area contributed by atoms with Crippen molar-refractivity contribution in [1.82, 2.24) is 16.0 Å². The van der Waals surface area contributed by atoms with E-state index in [0.29, 0.717) is 0 Å². The lowest BCUT2D eigenvalue weighted by Crippen LogP contribution is -2.68. The number of carboxylic acid groups (broad SMARTS) is 1. The molecule has 0 aromatic carbocycles. The van der Waals surface area contributed by atoms with Crippen molar-refractivity contribution < 1.29 is 113 Å². The quantitative estimate of drug-likeness (QED) is 0.0684. The first-order valence-electron chi connectivity index (χ1n) is 18.9. The minimum atomic E-state index is -1.74. The second kappa shape index (κ2) is 24.3. The van der Waals surface area contributed by atoms with E-state index in [-0.39, 0.29) is 13.1 Å². The second-order valence-corrected chi connectivity index (χ2v) is 14.2. The molecule has 0 saturated carbocycles. The van der Waals surface area contributed by atoms with Gasteiger partial charge in [0.25, 0.3) is 5.91 Å². The van der Waals surface area contributed by atoms with Crippen LogP contribution >= 0.6 is 0 Å². The minimum Gasteiger partial charge on any atom is -0.479 e. The van der Waals surface area contributed by atoms with Crippen LogP contribution < -0.4 is 21.7 Å². The first-order valence-corrected chi connectivity index (χ1v) is 18.9. The van der Waals surface area contributed by atoms with Crippen LogP contribution in [0, 0.1) is 0 Å². The number of aliphatic carboxylic acids is 1. The molecule has 3 amide bonds. The fourth-order valence-electron chi connectivity index (χ4n) is 7.08. The van der Waals surface area contributed by atoms with Crippen molar-refractivity contribution >= 4 is 23.7 Å². The third kappa shape index (κ3) is 12.7. The van der Waals surface area contributed by atoms with Gasteiger partial charge in [-0.3, -0.25) is 14.4 Å². The van der Waals surface area contributed by atoms with Crippen LogP contribution in [0.25, 0.3) is 0 Å². The van der Waals surface area contributed by atoms with Crippen molar-refractivity contribution in [3.05, 3.63) is 0 Å². The van der Waals surface area contributed by atoms with Gasteiger partial charge >= 0.3 is 5.97 Å². The van der Waals surface area contributed by atoms with E-state index in [2.05, 4.69) is 16.0 Å². The number of nitrogens with two attached hydrogens (primary N) is 1.